The first-order valence-electron chi connectivity index (χ1n) is 22.1. The number of aromatic nitrogens is 6. The van der Waals surface area contributed by atoms with Gasteiger partial charge in [0.15, 0.2) is 34.7 Å². The second kappa shape index (κ2) is 31.6. The van der Waals surface area contributed by atoms with Crippen molar-refractivity contribution in [1.82, 2.24) is 29.7 Å². The minimum absolute atomic E-state index is 0. The van der Waals surface area contributed by atoms with Crippen LogP contribution in [-0.4, -0.2) is 157 Å². The van der Waals surface area contributed by atoms with Crippen LogP contribution < -0.4 is 29.2 Å². The molecule has 0 aromatic carbocycles. The quantitative estimate of drug-likeness (QED) is 0.0373. The van der Waals surface area contributed by atoms with E-state index in [0.717, 1.165) is 12.8 Å². The molecule has 2 saturated heterocycles. The lowest BCUT2D eigenvalue weighted by atomic mass is 10.0. The number of carbonyl (C=O) groups is 1. The number of amides is 1. The highest BCUT2D eigenvalue weighted by Gasteiger charge is 2.46. The Hall–Kier alpha value is -3.29. The number of aliphatic hydroxyl groups excluding tert-OH is 8. The smallest absolute Gasteiger partial charge is 1.00 e. The Morgan fingerprint density at radius 3 is 1.92 bits per heavy atom. The number of aliphatic hydroxyl groups is 8. The fourth-order valence-corrected chi connectivity index (χ4v) is 7.18. The SMILES string of the molecule is CC(C)=CCNc1ncnc2c1ncn2[C@@H]1O[C@H](CO)[C@@H](O)[C@H]1O.CCCCCCCCCCCCCCC[C@H](O)[C@@H](N)CO.Cl.NC(=O)c1[nH]nc([C@@H]2O[C@H](CO)[C@@H](O)[C@H]2O)c1O.[Cl-].[H+]. The first-order chi connectivity index (χ1) is 30.2. The molecule has 0 unspecified atom stereocenters. The van der Waals surface area contributed by atoms with Crippen LogP contribution in [0.2, 0.25) is 0 Å². The molecule has 23 heteroatoms. The van der Waals surface area contributed by atoms with Crippen LogP contribution in [0.5, 0.6) is 5.75 Å². The monoisotopic (exact) mass is 967 g/mol. The summed E-state index contributed by atoms with van der Waals surface area (Å²) < 4.78 is 12.2. The highest BCUT2D eigenvalue weighted by Crippen LogP contribution is 2.37. The molecule has 5 rings (SSSR count). The van der Waals surface area contributed by atoms with Gasteiger partial charge in [-0.3, -0.25) is 14.5 Å². The zero-order chi connectivity index (χ0) is 46.5. The van der Waals surface area contributed by atoms with E-state index in [0.29, 0.717) is 23.5 Å². The molecule has 21 nitrogen and oxygen atoms in total. The molecule has 0 bridgehead atoms. The lowest BCUT2D eigenvalue weighted by molar-refractivity contribution is -0.0511. The van der Waals surface area contributed by atoms with Gasteiger partial charge in [-0.25, -0.2) is 15.0 Å². The van der Waals surface area contributed by atoms with E-state index in [1.165, 1.54) is 99.8 Å². The molecule has 5 heterocycles. The van der Waals surface area contributed by atoms with E-state index in [9.17, 15) is 40.5 Å². The number of hydrogen-bond acceptors (Lipinski definition) is 18. The molecule has 0 saturated carbocycles. The lowest BCUT2D eigenvalue weighted by Gasteiger charge is -2.16. The maximum absolute atomic E-state index is 10.9. The van der Waals surface area contributed by atoms with Gasteiger partial charge in [0, 0.05) is 6.54 Å². The number of unbranched alkanes of at least 4 members (excludes halogenated alkanes) is 12. The third-order valence-electron chi connectivity index (χ3n) is 11.1. The summed E-state index contributed by atoms with van der Waals surface area (Å²) in [7, 11) is 0. The number of fused-ring (bicyclic) bond motifs is 1. The summed E-state index contributed by atoms with van der Waals surface area (Å²) in [5.74, 6) is -0.890. The van der Waals surface area contributed by atoms with Crippen molar-refractivity contribution in [2.24, 2.45) is 11.5 Å². The zero-order valence-electron chi connectivity index (χ0n) is 38.7. The Bertz CT molecular complexity index is 1800. The number of primary amides is 1. The average molecular weight is 969 g/mol. The summed E-state index contributed by atoms with van der Waals surface area (Å²) in [4.78, 5) is 23.6. The van der Waals surface area contributed by atoms with Crippen LogP contribution >= 0.6 is 12.4 Å². The maximum atomic E-state index is 10.9. The van der Waals surface area contributed by atoms with E-state index in [2.05, 4.69) is 37.4 Å². The largest absolute Gasteiger partial charge is 1.00 e. The van der Waals surface area contributed by atoms with Crippen LogP contribution in [0, 0.1) is 0 Å². The number of nitrogens with two attached hydrogens (primary N) is 2. The molecule has 0 radical (unpaired) electrons. The predicted molar refractivity (Wildman–Crippen MR) is 241 cm³/mol. The number of nitrogens with zero attached hydrogens (tertiary/aromatic N) is 5. The normalized spacial score (nSPS) is 23.3. The van der Waals surface area contributed by atoms with Gasteiger partial charge in [0.2, 0.25) is 0 Å². The molecule has 3 aromatic heterocycles. The number of H-pyrrole nitrogens is 1. The van der Waals surface area contributed by atoms with Crippen LogP contribution in [0.3, 0.4) is 0 Å². The average Bonchev–Trinajstić information content (AvgIpc) is 4.02. The van der Waals surface area contributed by atoms with Gasteiger partial charge < -0.3 is 84.6 Å². The fraction of sp³-hybridized carbons (Fsp3) is 0.738. The highest BCUT2D eigenvalue weighted by molar-refractivity contribution is 5.93. The first kappa shape index (κ1) is 59.7. The summed E-state index contributed by atoms with van der Waals surface area (Å²) in [5, 5.41) is 94.6. The van der Waals surface area contributed by atoms with Gasteiger partial charge in [0.1, 0.15) is 54.7 Å². The van der Waals surface area contributed by atoms with Gasteiger partial charge in [0.05, 0.1) is 38.3 Å². The third-order valence-corrected chi connectivity index (χ3v) is 11.1. The van der Waals surface area contributed by atoms with Crippen LogP contribution in [-0.2, 0) is 9.47 Å². The molecule has 3 aromatic rings. The van der Waals surface area contributed by atoms with Crippen molar-refractivity contribution in [2.45, 2.75) is 172 Å². The standard InChI is InChI=1S/C18H39NO2.C15H21N5O4.C9H13N3O6.2ClH/c1-2-3-4-5-6-7-8-9-10-11-12-13-14-15-18(21)17(19)16-20;1-8(2)3-4-16-13-10-14(18-6-17-13)20(7-19-10)15-12(23)11(22)9(5-21)24-15;10-9(17)4-6(15)3(11-12-4)8-7(16)5(14)2(1-13)18-8;;/h17-18,20-21H,2-16,19H2,1H3;3,6-7,9,11-12,15,21-23H,4-5H2,1-2H3,(H,16,17,18);2,5,7-8,13-16H,1H2,(H2,10,17)(H,11,12);2*1H/t17-,18-;9-,11-,12-,15-;2-,5-,7-,8+;;/m011../s1. The van der Waals surface area contributed by atoms with E-state index in [1.54, 1.807) is 0 Å². The van der Waals surface area contributed by atoms with Crippen molar-refractivity contribution in [3.63, 3.8) is 0 Å². The Kier molecular flexibility index (Phi) is 29.1. The number of ether oxygens (including phenoxy) is 2. The molecular weight excluding hydrogens is 893 g/mol. The molecule has 65 heavy (non-hydrogen) atoms. The van der Waals surface area contributed by atoms with Gasteiger partial charge in [-0.1, -0.05) is 102 Å². The van der Waals surface area contributed by atoms with Crippen molar-refractivity contribution in [3.05, 3.63) is 35.7 Å². The summed E-state index contributed by atoms with van der Waals surface area (Å²) in [5.41, 5.74) is 12.3. The van der Waals surface area contributed by atoms with Crippen molar-refractivity contribution in [2.75, 3.05) is 31.7 Å². The van der Waals surface area contributed by atoms with Crippen molar-refractivity contribution >= 4 is 35.3 Å². The van der Waals surface area contributed by atoms with E-state index in [-0.39, 0.29) is 50.8 Å². The summed E-state index contributed by atoms with van der Waals surface area (Å²) >= 11 is 0. The molecule has 374 valence electrons. The minimum Gasteiger partial charge on any atom is -1.00 e. The molecule has 10 atom stereocenters. The Labute approximate surface area is 394 Å². The summed E-state index contributed by atoms with van der Waals surface area (Å²) in [6.45, 7) is 5.88. The van der Waals surface area contributed by atoms with Crippen molar-refractivity contribution in [3.8, 4) is 5.75 Å². The fourth-order valence-electron chi connectivity index (χ4n) is 7.18. The van der Waals surface area contributed by atoms with E-state index in [1.807, 2.05) is 19.9 Å². The number of aromatic hydroxyl groups is 1. The summed E-state index contributed by atoms with van der Waals surface area (Å²) in [6, 6.07) is -0.470. The number of aromatic amines is 1. The zero-order valence-corrected chi connectivity index (χ0v) is 39.2. The minimum atomic E-state index is -1.38. The van der Waals surface area contributed by atoms with Crippen LogP contribution in [0.25, 0.3) is 11.2 Å². The molecule has 2 aliphatic rings. The first-order valence-corrected chi connectivity index (χ1v) is 22.1. The number of carbonyl (C=O) groups excluding carboxylic acids is 1. The summed E-state index contributed by atoms with van der Waals surface area (Å²) in [6.07, 6.45) is 13.5. The van der Waals surface area contributed by atoms with Gasteiger partial charge >= 0.3 is 1.43 Å². The van der Waals surface area contributed by atoms with Crippen LogP contribution in [0.15, 0.2) is 24.3 Å². The number of anilines is 1. The van der Waals surface area contributed by atoms with Crippen LogP contribution in [0.4, 0.5) is 5.82 Å². The maximum Gasteiger partial charge on any atom is 1.00 e. The molecular formula is C42H75Cl2N9O12. The number of imidazole rings is 1. The van der Waals surface area contributed by atoms with Crippen LogP contribution in [0.1, 0.15) is 141 Å². The predicted octanol–water partition coefficient (Wildman–Crippen LogP) is -1.13. The molecule has 2 aliphatic heterocycles. The number of nitrogens with one attached hydrogen (secondary N) is 2. The third kappa shape index (κ3) is 18.0. The number of rotatable bonds is 24. The second-order valence-electron chi connectivity index (χ2n) is 16.3. The molecule has 1 amide bonds. The van der Waals surface area contributed by atoms with Crippen molar-refractivity contribution in [1.29, 1.82) is 0 Å². The lowest BCUT2D eigenvalue weighted by Crippen LogP contribution is -3.00. The number of allylic oxidation sites excluding steroid dienone is 1. The molecule has 0 aliphatic carbocycles. The Balaban J connectivity index is 0.000000949. The van der Waals surface area contributed by atoms with Gasteiger partial charge in [0.25, 0.3) is 5.91 Å². The Morgan fingerprint density at radius 1 is 0.877 bits per heavy atom. The second-order valence-corrected chi connectivity index (χ2v) is 16.3. The van der Waals surface area contributed by atoms with E-state index in [4.69, 9.17) is 31.2 Å². The van der Waals surface area contributed by atoms with Gasteiger partial charge in [-0.05, 0) is 20.3 Å². The molecule has 0 spiro atoms. The number of hydrogen-bond donors (Lipinski definition) is 13. The van der Waals surface area contributed by atoms with E-state index >= 15 is 0 Å². The topological polar surface area (TPSA) is 354 Å². The molecule has 15 N–H and O–H groups in total. The van der Waals surface area contributed by atoms with Gasteiger partial charge in [-0.15, -0.1) is 12.4 Å². The van der Waals surface area contributed by atoms with Gasteiger partial charge in [-0.2, -0.15) is 5.10 Å². The number of halogens is 2. The van der Waals surface area contributed by atoms with E-state index < -0.39 is 79.4 Å². The van der Waals surface area contributed by atoms with Crippen molar-refractivity contribution < 1.29 is 74.1 Å². The highest BCUT2D eigenvalue weighted by atomic mass is 35.5. The molecule has 2 fully saturated rings. The Morgan fingerprint density at radius 2 is 1.43 bits per heavy atom.